The summed E-state index contributed by atoms with van der Waals surface area (Å²) in [7, 11) is -5.32. The summed E-state index contributed by atoms with van der Waals surface area (Å²) in [6.07, 6.45) is -4.79. The minimum Gasteiger partial charge on any atom is -0.756 e. The zero-order chi connectivity index (χ0) is 68.7. The minimum absolute atomic E-state index is 0. The Morgan fingerprint density at radius 2 is 1.39 bits per heavy atom. The molecule has 15 N–H and O–H groups in total. The molecule has 2 aromatic rings. The van der Waals surface area contributed by atoms with Gasteiger partial charge in [0.15, 0.2) is 6.23 Å². The molecular formula is C63H88CoN14O14P-. The topological polar surface area (TPSA) is 489 Å². The van der Waals surface area contributed by atoms with Crippen molar-refractivity contribution < 1.29 is 83.8 Å². The van der Waals surface area contributed by atoms with Gasteiger partial charge in [0.2, 0.25) is 41.4 Å². The van der Waals surface area contributed by atoms with Crippen LogP contribution in [0.1, 0.15) is 150 Å². The largest absolute Gasteiger partial charge is 2.00 e. The molecule has 8 rings (SSSR count). The molecule has 2 saturated heterocycles. The van der Waals surface area contributed by atoms with Crippen molar-refractivity contribution in [1.29, 1.82) is 5.26 Å². The first-order chi connectivity index (χ1) is 42.8. The van der Waals surface area contributed by atoms with E-state index < -0.39 is 143 Å². The number of nitrogens with two attached hydrogens (primary N) is 6. The maximum atomic E-state index is 14.4. The minimum atomic E-state index is -5.32. The summed E-state index contributed by atoms with van der Waals surface area (Å²) in [5.74, 6) is -7.40. The molecule has 2 fully saturated rings. The quantitative estimate of drug-likeness (QED) is 0.0481. The number of aliphatic imine (C=N–C) groups is 3. The van der Waals surface area contributed by atoms with Crippen LogP contribution in [0.3, 0.4) is 0 Å². The maximum absolute atomic E-state index is 14.4. The molecule has 30 heteroatoms. The van der Waals surface area contributed by atoms with E-state index in [2.05, 4.69) is 10.3 Å². The van der Waals surface area contributed by atoms with Gasteiger partial charge in [0.25, 0.3) is 7.82 Å². The van der Waals surface area contributed by atoms with E-state index in [0.29, 0.717) is 56.4 Å². The number of hydrogen-bond acceptors (Lipinski definition) is 19. The summed E-state index contributed by atoms with van der Waals surface area (Å²) in [5, 5.41) is 36.4. The number of imidazole rings is 1. The standard InChI is InChI=1S/C62H90N13O14P.CN.Co/c1-29-20-39-40(21-30(29)2)75(28-70-39)57-52(84)53(41(27-76)87-57)89-90(85,86)88-31(3)26-69-49(83)18-19-59(8)37(22-46(66)80)56-62(11)61(10,25-48(68)82)36(14-17-45(65)79)51(74-62)33(5)55-60(9,24-47(67)81)34(12-15-43(63)77)38(71-55)23-42-58(6,7)35(13-16-44(64)78)50(72-42)32(4)54(59)73-56;1-2;/h20-21,23,28,31,34-37,41,52-53,56-57,76,84H,12-19,22,24-27H2,1-11H3,(H15,63,64,65,66,67,68,69,71,72,73,74,77,78,79,80,81,82,83,85,86);;/q;-1;+2/p-2/t31-,34-,35-,36-,37+,41-,52-,53?,56?,57+,59-,60+,61+,62+;;/m1../s1. The molecule has 0 saturated carbocycles. The summed E-state index contributed by atoms with van der Waals surface area (Å²) in [6.45, 7) is 23.7. The van der Waals surface area contributed by atoms with Gasteiger partial charge in [-0.3, -0.25) is 53.1 Å². The van der Waals surface area contributed by atoms with E-state index in [4.69, 9.17) is 80.3 Å². The Morgan fingerprint density at radius 1 is 0.806 bits per heavy atom. The van der Waals surface area contributed by atoms with Crippen LogP contribution in [-0.2, 0) is 68.7 Å². The normalized spacial score (nSPS) is 33.1. The fourth-order valence-electron chi connectivity index (χ4n) is 15.3. The number of carbonyl (C=O) groups is 7. The Labute approximate surface area is 551 Å². The average Bonchev–Trinajstić information content (AvgIpc) is 1.53. The predicted octanol–water partition coefficient (Wildman–Crippen LogP) is 3.41. The van der Waals surface area contributed by atoms with E-state index in [1.165, 1.54) is 17.8 Å². The third-order valence-electron chi connectivity index (χ3n) is 20.5. The molecule has 1 aromatic heterocycles. The smallest absolute Gasteiger partial charge is 0.756 e. The molecule has 93 heavy (non-hydrogen) atoms. The van der Waals surface area contributed by atoms with Crippen molar-refractivity contribution in [3.8, 4) is 0 Å². The number of fused-ring (bicyclic) bond motifs is 7. The van der Waals surface area contributed by atoms with Crippen LogP contribution in [0.25, 0.3) is 16.4 Å². The zero-order valence-corrected chi connectivity index (χ0v) is 56.4. The number of rotatable bonds is 26. The van der Waals surface area contributed by atoms with Crippen LogP contribution in [0.4, 0.5) is 0 Å². The number of phosphoric ester groups is 1. The molecule has 1 radical (unpaired) electrons. The molecular weight excluding hydrogens is 1270 g/mol. The van der Waals surface area contributed by atoms with Crippen LogP contribution in [0, 0.1) is 71.0 Å². The van der Waals surface area contributed by atoms with Gasteiger partial charge in [-0.05, 0) is 119 Å². The van der Waals surface area contributed by atoms with Crippen LogP contribution < -0.4 is 44.6 Å². The first kappa shape index (κ1) is 75.0. The second kappa shape index (κ2) is 28.5. The predicted molar refractivity (Wildman–Crippen MR) is 337 cm³/mol. The third kappa shape index (κ3) is 14.6. The average molecular weight is 1360 g/mol. The number of carbonyl (C=O) groups excluding carboxylic acids is 7. The second-order valence-corrected chi connectivity index (χ2v) is 28.3. The molecule has 6 aliphatic heterocycles. The first-order valence-electron chi connectivity index (χ1n) is 30.7. The molecule has 15 atom stereocenters. The van der Waals surface area contributed by atoms with Crippen LogP contribution in [-0.4, -0.2) is 127 Å². The molecule has 6 aliphatic rings. The number of allylic oxidation sites excluding steroid dienone is 6. The van der Waals surface area contributed by atoms with Crippen LogP contribution >= 0.6 is 7.82 Å². The molecule has 7 amide bonds. The molecule has 3 unspecified atom stereocenters. The number of hydrogen-bond donors (Lipinski definition) is 9. The summed E-state index contributed by atoms with van der Waals surface area (Å²) >= 11 is 0. The Hall–Kier alpha value is -7.00. The van der Waals surface area contributed by atoms with Gasteiger partial charge in [0.05, 0.1) is 41.3 Å². The van der Waals surface area contributed by atoms with Gasteiger partial charge in [-0.1, -0.05) is 40.7 Å². The number of phosphoric acid groups is 1. The van der Waals surface area contributed by atoms with Crippen molar-refractivity contribution in [2.75, 3.05) is 13.2 Å². The Balaban J connectivity index is 0.00000453. The number of ether oxygens (including phenoxy) is 1. The Morgan fingerprint density at radius 3 is 1.96 bits per heavy atom. The summed E-state index contributed by atoms with van der Waals surface area (Å²) in [6, 6.07) is 2.65. The summed E-state index contributed by atoms with van der Waals surface area (Å²) in [5.41, 5.74) is 36.7. The van der Waals surface area contributed by atoms with Gasteiger partial charge in [-0.15, -0.1) is 0 Å². The molecule has 8 bridgehead atoms. The first-order valence-corrected chi connectivity index (χ1v) is 32.2. The third-order valence-corrected chi connectivity index (χ3v) is 21.6. The second-order valence-electron chi connectivity index (χ2n) is 27.0. The number of nitrogens with one attached hydrogen (secondary N) is 1. The number of aryl methyl sites for hydroxylation is 2. The van der Waals surface area contributed by atoms with Crippen molar-refractivity contribution >= 4 is 77.3 Å². The molecule has 1 aromatic carbocycles. The number of aliphatic hydroxyl groups is 2. The van der Waals surface area contributed by atoms with E-state index in [9.17, 15) is 53.2 Å². The van der Waals surface area contributed by atoms with E-state index >= 15 is 0 Å². The maximum Gasteiger partial charge on any atom is 2.00 e. The van der Waals surface area contributed by atoms with Gasteiger partial charge >= 0.3 is 16.8 Å². The van der Waals surface area contributed by atoms with E-state index in [0.717, 1.165) is 11.1 Å². The Bertz CT molecular complexity index is 3600. The monoisotopic (exact) mass is 1350 g/mol. The van der Waals surface area contributed by atoms with Gasteiger partial charge in [0, 0.05) is 108 Å². The number of amides is 7. The zero-order valence-electron chi connectivity index (χ0n) is 54.4. The molecule has 28 nitrogen and oxygen atoms in total. The van der Waals surface area contributed by atoms with Crippen LogP contribution in [0.5, 0.6) is 0 Å². The van der Waals surface area contributed by atoms with Crippen molar-refractivity contribution in [3.05, 3.63) is 75.8 Å². The van der Waals surface area contributed by atoms with Crippen molar-refractivity contribution in [2.45, 2.75) is 189 Å². The van der Waals surface area contributed by atoms with Gasteiger partial charge in [0.1, 0.15) is 18.3 Å². The summed E-state index contributed by atoms with van der Waals surface area (Å²) in [4.78, 5) is 128. The Kier molecular flexibility index (Phi) is 23.0. The van der Waals surface area contributed by atoms with E-state index in [1.54, 1.807) is 6.92 Å². The van der Waals surface area contributed by atoms with Gasteiger partial charge in [-0.2, -0.15) is 5.70 Å². The molecule has 0 spiro atoms. The number of benzene rings is 1. The van der Waals surface area contributed by atoms with Crippen LogP contribution in [0.2, 0.25) is 0 Å². The number of aliphatic hydroxyl groups excluding tert-OH is 2. The molecule has 7 heterocycles. The number of aromatic nitrogens is 2. The SMILES string of the molecule is C/C1=C2/[N-]C([C@H](CC(N)=O)[C@@]2(C)CCC(=O)NC[C@@H](C)OP(=O)([O-])OC2[C@@H](O)[C@@H](n3cnc4cc(C)c(C)cc43)O[C@@H]2CO)[C@]2(C)N=C(/C(C)=C3N=C(/C=C4N=C1[C@@H](CCC(N)=O)C\4(C)C)[C@@H](CCC(N)=O)[C@]\3(C)CC(N)=O)[C@@H](CCC(N)=O)[C@]2(C)CC(N)=O.[C-]#N.[Co+2]. The summed E-state index contributed by atoms with van der Waals surface area (Å²) < 4.78 is 31.9. The molecule has 509 valence electrons. The fraction of sp³-hybridized carbons (Fsp3) is 0.619. The molecule has 0 aliphatic carbocycles. The van der Waals surface area contributed by atoms with Gasteiger partial charge in [-0.25, -0.2) is 4.98 Å². The number of nitrogens with zero attached hydrogens (tertiary/aromatic N) is 7. The van der Waals surface area contributed by atoms with Crippen LogP contribution in [0.15, 0.2) is 67.8 Å². The van der Waals surface area contributed by atoms with E-state index in [-0.39, 0.29) is 94.0 Å². The number of primary amides is 6. The van der Waals surface area contributed by atoms with Crippen molar-refractivity contribution in [1.82, 2.24) is 14.9 Å². The van der Waals surface area contributed by atoms with E-state index in [1.807, 2.05) is 80.5 Å². The fourth-order valence-corrected chi connectivity index (χ4v) is 16.4. The van der Waals surface area contributed by atoms with Gasteiger partial charge < -0.3 is 90.3 Å². The van der Waals surface area contributed by atoms with Crippen molar-refractivity contribution in [2.24, 2.45) is 94.7 Å². The van der Waals surface area contributed by atoms with Crippen molar-refractivity contribution in [3.63, 3.8) is 0 Å².